The molecule has 2 heteroatoms. The molecule has 0 amide bonds. The fourth-order valence-electron chi connectivity index (χ4n) is 1.46. The Morgan fingerprint density at radius 3 is 2.64 bits per heavy atom. The van der Waals surface area contributed by atoms with Crippen LogP contribution in [0.25, 0.3) is 0 Å². The van der Waals surface area contributed by atoms with E-state index in [4.69, 9.17) is 0 Å². The summed E-state index contributed by atoms with van der Waals surface area (Å²) in [5, 5.41) is 12.6. The lowest BCUT2D eigenvalue weighted by molar-refractivity contribution is 0.470. The van der Waals surface area contributed by atoms with Crippen molar-refractivity contribution in [1.82, 2.24) is 5.32 Å². The molecule has 0 fully saturated rings. The Bertz CT molecular complexity index is 265. The van der Waals surface area contributed by atoms with Gasteiger partial charge in [-0.1, -0.05) is 6.07 Å². The van der Waals surface area contributed by atoms with Gasteiger partial charge >= 0.3 is 0 Å². The third-order valence-corrected chi connectivity index (χ3v) is 2.15. The Labute approximate surface area is 65.9 Å². The molecule has 0 bridgehead atoms. The maximum absolute atomic E-state index is 9.36. The second-order valence-corrected chi connectivity index (χ2v) is 3.01. The molecule has 2 rings (SSSR count). The molecule has 2 N–H and O–H groups in total. The highest BCUT2D eigenvalue weighted by atomic mass is 16.3. The number of phenols is 1. The van der Waals surface area contributed by atoms with Gasteiger partial charge in [0.1, 0.15) is 5.75 Å². The highest BCUT2D eigenvalue weighted by Gasteiger charge is 2.11. The van der Waals surface area contributed by atoms with Crippen molar-refractivity contribution in [3.63, 3.8) is 0 Å². The minimum atomic E-state index is 0.410. The van der Waals surface area contributed by atoms with Gasteiger partial charge in [0.05, 0.1) is 0 Å². The highest BCUT2D eigenvalue weighted by Crippen LogP contribution is 2.24. The number of hydrogen-bond acceptors (Lipinski definition) is 2. The van der Waals surface area contributed by atoms with E-state index in [0.29, 0.717) is 5.75 Å². The maximum atomic E-state index is 9.36. The first-order valence-corrected chi connectivity index (χ1v) is 3.79. The van der Waals surface area contributed by atoms with Crippen LogP contribution in [0.5, 0.6) is 5.75 Å². The van der Waals surface area contributed by atoms with E-state index >= 15 is 0 Å². The summed E-state index contributed by atoms with van der Waals surface area (Å²) >= 11 is 0. The van der Waals surface area contributed by atoms with E-state index in [2.05, 4.69) is 5.32 Å². The predicted octanol–water partition coefficient (Wildman–Crippen LogP) is 1.30. The Kier molecular flexibility index (Phi) is 1.36. The van der Waals surface area contributed by atoms with Crippen molar-refractivity contribution in [2.45, 2.75) is 20.0 Å². The molecule has 1 aliphatic rings. The van der Waals surface area contributed by atoms with Crippen LogP contribution >= 0.6 is 0 Å². The smallest absolute Gasteiger partial charge is 0.118 e. The van der Waals surface area contributed by atoms with Gasteiger partial charge in [0, 0.05) is 13.1 Å². The molecule has 1 aliphatic heterocycles. The highest BCUT2D eigenvalue weighted by molar-refractivity contribution is 5.42. The van der Waals surface area contributed by atoms with Crippen molar-refractivity contribution in [2.75, 3.05) is 0 Å². The van der Waals surface area contributed by atoms with Crippen molar-refractivity contribution in [3.8, 4) is 5.75 Å². The molecule has 0 radical (unpaired) electrons. The number of hydrogen-bond donors (Lipinski definition) is 2. The molecule has 0 aromatic heterocycles. The van der Waals surface area contributed by atoms with Gasteiger partial charge in [0.15, 0.2) is 0 Å². The van der Waals surface area contributed by atoms with E-state index in [1.165, 1.54) is 11.1 Å². The van der Waals surface area contributed by atoms with E-state index in [9.17, 15) is 5.11 Å². The molecule has 58 valence electrons. The number of aromatic hydroxyl groups is 1. The second kappa shape index (κ2) is 2.24. The number of rotatable bonds is 0. The average molecular weight is 149 g/mol. The summed E-state index contributed by atoms with van der Waals surface area (Å²) in [6, 6.07) is 3.90. The molecule has 0 saturated carbocycles. The summed E-state index contributed by atoms with van der Waals surface area (Å²) in [5.74, 6) is 0.410. The number of benzene rings is 1. The Morgan fingerprint density at radius 2 is 1.91 bits per heavy atom. The molecule has 1 aromatic rings. The lowest BCUT2D eigenvalue weighted by Crippen LogP contribution is -1.99. The number of fused-ring (bicyclic) bond motifs is 1. The van der Waals surface area contributed by atoms with Crippen LogP contribution in [0.3, 0.4) is 0 Å². The fraction of sp³-hybridized carbons (Fsp3) is 0.333. The lowest BCUT2D eigenvalue weighted by atomic mass is 10.1. The van der Waals surface area contributed by atoms with Crippen molar-refractivity contribution in [1.29, 1.82) is 0 Å². The third-order valence-electron chi connectivity index (χ3n) is 2.15. The Morgan fingerprint density at radius 1 is 1.27 bits per heavy atom. The summed E-state index contributed by atoms with van der Waals surface area (Å²) in [5.41, 5.74) is 3.51. The van der Waals surface area contributed by atoms with Gasteiger partial charge in [-0.05, 0) is 29.7 Å². The third kappa shape index (κ3) is 0.994. The van der Waals surface area contributed by atoms with Gasteiger partial charge in [0.25, 0.3) is 0 Å². The SMILES string of the molecule is Cc1cc2c(cc1O)CNC2. The summed E-state index contributed by atoms with van der Waals surface area (Å²) < 4.78 is 0. The van der Waals surface area contributed by atoms with Gasteiger partial charge in [-0.25, -0.2) is 0 Å². The summed E-state index contributed by atoms with van der Waals surface area (Å²) in [6.45, 7) is 3.76. The van der Waals surface area contributed by atoms with Crippen LogP contribution in [0, 0.1) is 6.92 Å². The van der Waals surface area contributed by atoms with E-state index in [1.807, 2.05) is 19.1 Å². The average Bonchev–Trinajstić information content (AvgIpc) is 2.36. The van der Waals surface area contributed by atoms with Crippen LogP contribution in [0.2, 0.25) is 0 Å². The standard InChI is InChI=1S/C9H11NO/c1-6-2-7-4-10-5-8(7)3-9(6)11/h2-3,10-11H,4-5H2,1H3. The first-order chi connectivity index (χ1) is 5.27. The zero-order chi connectivity index (χ0) is 7.84. The summed E-state index contributed by atoms with van der Waals surface area (Å²) in [4.78, 5) is 0. The Hall–Kier alpha value is -1.02. The number of nitrogens with one attached hydrogen (secondary N) is 1. The van der Waals surface area contributed by atoms with Crippen LogP contribution in [0.4, 0.5) is 0 Å². The van der Waals surface area contributed by atoms with Gasteiger partial charge in [-0.2, -0.15) is 0 Å². The Balaban J connectivity index is 2.57. The number of aryl methyl sites for hydroxylation is 1. The maximum Gasteiger partial charge on any atom is 0.118 e. The van der Waals surface area contributed by atoms with Gasteiger partial charge in [0.2, 0.25) is 0 Å². The second-order valence-electron chi connectivity index (χ2n) is 3.01. The normalized spacial score (nSPS) is 15.0. The fourth-order valence-corrected chi connectivity index (χ4v) is 1.46. The van der Waals surface area contributed by atoms with Crippen LogP contribution < -0.4 is 5.32 Å². The van der Waals surface area contributed by atoms with E-state index in [0.717, 1.165) is 18.7 Å². The molecule has 0 aliphatic carbocycles. The van der Waals surface area contributed by atoms with E-state index < -0.39 is 0 Å². The summed E-state index contributed by atoms with van der Waals surface area (Å²) in [7, 11) is 0. The van der Waals surface area contributed by atoms with Crippen molar-refractivity contribution >= 4 is 0 Å². The quantitative estimate of drug-likeness (QED) is 0.582. The van der Waals surface area contributed by atoms with Crippen LogP contribution in [-0.2, 0) is 13.1 Å². The van der Waals surface area contributed by atoms with Crippen molar-refractivity contribution in [2.24, 2.45) is 0 Å². The molecule has 0 atom stereocenters. The minimum absolute atomic E-state index is 0.410. The first-order valence-electron chi connectivity index (χ1n) is 3.79. The van der Waals surface area contributed by atoms with Gasteiger partial charge in [-0.15, -0.1) is 0 Å². The van der Waals surface area contributed by atoms with Crippen molar-refractivity contribution in [3.05, 3.63) is 28.8 Å². The van der Waals surface area contributed by atoms with Gasteiger partial charge in [-0.3, -0.25) is 0 Å². The van der Waals surface area contributed by atoms with Crippen LogP contribution in [0.1, 0.15) is 16.7 Å². The zero-order valence-electron chi connectivity index (χ0n) is 6.52. The molecule has 0 spiro atoms. The molecular formula is C9H11NO. The molecule has 0 unspecified atom stereocenters. The molecule has 1 heterocycles. The monoisotopic (exact) mass is 149 g/mol. The predicted molar refractivity (Wildman–Crippen MR) is 43.4 cm³/mol. The first kappa shape index (κ1) is 6.68. The van der Waals surface area contributed by atoms with Crippen molar-refractivity contribution < 1.29 is 5.11 Å². The summed E-state index contributed by atoms with van der Waals surface area (Å²) in [6.07, 6.45) is 0. The zero-order valence-corrected chi connectivity index (χ0v) is 6.52. The van der Waals surface area contributed by atoms with E-state index in [1.54, 1.807) is 0 Å². The lowest BCUT2D eigenvalue weighted by Gasteiger charge is -2.01. The topological polar surface area (TPSA) is 32.3 Å². The molecule has 0 saturated heterocycles. The molecular weight excluding hydrogens is 138 g/mol. The van der Waals surface area contributed by atoms with Crippen LogP contribution in [0.15, 0.2) is 12.1 Å². The molecule has 11 heavy (non-hydrogen) atoms. The van der Waals surface area contributed by atoms with E-state index in [-0.39, 0.29) is 0 Å². The number of phenolic OH excluding ortho intramolecular Hbond substituents is 1. The van der Waals surface area contributed by atoms with Crippen LogP contribution in [-0.4, -0.2) is 5.11 Å². The molecule has 1 aromatic carbocycles. The minimum Gasteiger partial charge on any atom is -0.508 e. The largest absolute Gasteiger partial charge is 0.508 e. The molecule has 2 nitrogen and oxygen atoms in total. The van der Waals surface area contributed by atoms with Gasteiger partial charge < -0.3 is 10.4 Å².